The van der Waals surface area contributed by atoms with Crippen LogP contribution in [0.2, 0.25) is 0 Å². The highest BCUT2D eigenvalue weighted by Gasteiger charge is 2.37. The summed E-state index contributed by atoms with van der Waals surface area (Å²) in [7, 11) is 0. The third-order valence-electron chi connectivity index (χ3n) is 4.01. The minimum absolute atomic E-state index is 0.166. The molecule has 4 nitrogen and oxygen atoms in total. The fourth-order valence-electron chi connectivity index (χ4n) is 3.03. The molecule has 1 aliphatic carbocycles. The van der Waals surface area contributed by atoms with Crippen LogP contribution in [0.25, 0.3) is 0 Å². The van der Waals surface area contributed by atoms with E-state index in [9.17, 15) is 4.79 Å². The summed E-state index contributed by atoms with van der Waals surface area (Å²) in [4.78, 5) is 15.2. The maximum absolute atomic E-state index is 10.9. The maximum Gasteiger partial charge on any atom is 0.354 e. The molecule has 4 heteroatoms. The first-order valence-corrected chi connectivity index (χ1v) is 6.16. The number of hydrogen-bond acceptors (Lipinski definition) is 3. The number of pyridine rings is 1. The van der Waals surface area contributed by atoms with Gasteiger partial charge in [-0.15, -0.1) is 0 Å². The molecule has 1 aliphatic heterocycles. The van der Waals surface area contributed by atoms with E-state index in [4.69, 9.17) is 5.11 Å². The molecule has 0 unspecified atom stereocenters. The van der Waals surface area contributed by atoms with Gasteiger partial charge in [0.2, 0.25) is 0 Å². The zero-order valence-electron chi connectivity index (χ0n) is 9.70. The van der Waals surface area contributed by atoms with Crippen molar-refractivity contribution in [2.45, 2.75) is 44.2 Å². The lowest BCUT2D eigenvalue weighted by Gasteiger charge is -2.35. The van der Waals surface area contributed by atoms with Crippen molar-refractivity contribution in [3.63, 3.8) is 0 Å². The zero-order valence-corrected chi connectivity index (χ0v) is 9.70. The molecule has 1 aromatic heterocycles. The van der Waals surface area contributed by atoms with Gasteiger partial charge in [0.05, 0.1) is 0 Å². The summed E-state index contributed by atoms with van der Waals surface area (Å²) < 4.78 is 0. The van der Waals surface area contributed by atoms with Gasteiger partial charge >= 0.3 is 5.97 Å². The number of nitrogens with one attached hydrogen (secondary N) is 1. The van der Waals surface area contributed by atoms with Crippen LogP contribution in [-0.4, -0.2) is 21.6 Å². The van der Waals surface area contributed by atoms with E-state index < -0.39 is 5.97 Å². The number of carbonyl (C=O) groups is 1. The molecule has 0 amide bonds. The Morgan fingerprint density at radius 1 is 1.35 bits per heavy atom. The Morgan fingerprint density at radius 3 is 2.82 bits per heavy atom. The SMILES string of the molecule is O=C(O)c1ccc2c(n1)CC1(CCCC1)NC2. The Labute approximate surface area is 100 Å². The molecule has 1 fully saturated rings. The van der Waals surface area contributed by atoms with Crippen LogP contribution in [0.5, 0.6) is 0 Å². The molecule has 17 heavy (non-hydrogen) atoms. The molecular formula is C13H16N2O2. The smallest absolute Gasteiger partial charge is 0.354 e. The van der Waals surface area contributed by atoms with Gasteiger partial charge in [0, 0.05) is 24.2 Å². The third-order valence-corrected chi connectivity index (χ3v) is 4.01. The van der Waals surface area contributed by atoms with Crippen molar-refractivity contribution in [1.29, 1.82) is 0 Å². The molecule has 0 atom stereocenters. The lowest BCUT2D eigenvalue weighted by molar-refractivity contribution is 0.0689. The van der Waals surface area contributed by atoms with Crippen molar-refractivity contribution in [2.75, 3.05) is 0 Å². The van der Waals surface area contributed by atoms with Gasteiger partial charge in [-0.1, -0.05) is 18.9 Å². The molecule has 0 radical (unpaired) electrons. The quantitative estimate of drug-likeness (QED) is 0.774. The van der Waals surface area contributed by atoms with Crippen LogP contribution >= 0.6 is 0 Å². The van der Waals surface area contributed by atoms with E-state index in [2.05, 4.69) is 10.3 Å². The van der Waals surface area contributed by atoms with Crippen molar-refractivity contribution < 1.29 is 9.90 Å². The average molecular weight is 232 g/mol. The number of nitrogens with zero attached hydrogens (tertiary/aromatic N) is 1. The second kappa shape index (κ2) is 3.81. The number of fused-ring (bicyclic) bond motifs is 1. The van der Waals surface area contributed by atoms with Crippen LogP contribution in [0.4, 0.5) is 0 Å². The lowest BCUT2D eigenvalue weighted by Crippen LogP contribution is -2.47. The topological polar surface area (TPSA) is 62.2 Å². The zero-order chi connectivity index (χ0) is 11.9. The van der Waals surface area contributed by atoms with Gasteiger partial charge in [-0.2, -0.15) is 0 Å². The van der Waals surface area contributed by atoms with Crippen LogP contribution in [-0.2, 0) is 13.0 Å². The lowest BCUT2D eigenvalue weighted by atomic mass is 9.86. The number of hydrogen-bond donors (Lipinski definition) is 2. The van der Waals surface area contributed by atoms with Crippen molar-refractivity contribution in [1.82, 2.24) is 10.3 Å². The first-order chi connectivity index (χ1) is 8.19. The summed E-state index contributed by atoms with van der Waals surface area (Å²) in [5.74, 6) is -0.938. The Kier molecular flexibility index (Phi) is 2.40. The van der Waals surface area contributed by atoms with E-state index in [0.717, 1.165) is 24.2 Å². The molecule has 1 spiro atoms. The fraction of sp³-hybridized carbons (Fsp3) is 0.538. The highest BCUT2D eigenvalue weighted by molar-refractivity contribution is 5.85. The molecular weight excluding hydrogens is 216 g/mol. The van der Waals surface area contributed by atoms with Crippen LogP contribution in [0.3, 0.4) is 0 Å². The van der Waals surface area contributed by atoms with Gasteiger partial charge in [-0.3, -0.25) is 0 Å². The fourth-order valence-corrected chi connectivity index (χ4v) is 3.03. The number of aromatic carboxylic acids is 1. The molecule has 2 aliphatic rings. The van der Waals surface area contributed by atoms with Crippen LogP contribution in [0.15, 0.2) is 12.1 Å². The van der Waals surface area contributed by atoms with Gasteiger partial charge in [0.1, 0.15) is 5.69 Å². The van der Waals surface area contributed by atoms with E-state index in [-0.39, 0.29) is 11.2 Å². The van der Waals surface area contributed by atoms with Crippen LogP contribution in [0, 0.1) is 0 Å². The van der Waals surface area contributed by atoms with E-state index in [0.29, 0.717) is 0 Å². The van der Waals surface area contributed by atoms with Gasteiger partial charge in [-0.05, 0) is 24.5 Å². The van der Waals surface area contributed by atoms with Crippen LogP contribution in [0.1, 0.15) is 47.4 Å². The number of rotatable bonds is 1. The van der Waals surface area contributed by atoms with E-state index in [1.807, 2.05) is 6.07 Å². The minimum Gasteiger partial charge on any atom is -0.477 e. The van der Waals surface area contributed by atoms with Crippen molar-refractivity contribution >= 4 is 5.97 Å². The summed E-state index contributed by atoms with van der Waals surface area (Å²) in [6.07, 6.45) is 5.78. The molecule has 0 bridgehead atoms. The molecule has 1 aromatic rings. The summed E-state index contributed by atoms with van der Waals surface area (Å²) in [5, 5.41) is 12.6. The number of aromatic nitrogens is 1. The second-order valence-corrected chi connectivity index (χ2v) is 5.13. The minimum atomic E-state index is -0.938. The Balaban J connectivity index is 1.94. The van der Waals surface area contributed by atoms with Crippen molar-refractivity contribution in [2.24, 2.45) is 0 Å². The van der Waals surface area contributed by atoms with E-state index in [1.165, 1.54) is 25.7 Å². The third kappa shape index (κ3) is 1.82. The monoisotopic (exact) mass is 232 g/mol. The summed E-state index contributed by atoms with van der Waals surface area (Å²) in [6.45, 7) is 0.822. The number of carboxylic acid groups (broad SMARTS) is 1. The molecule has 90 valence electrons. The Morgan fingerprint density at radius 2 is 2.12 bits per heavy atom. The highest BCUT2D eigenvalue weighted by Crippen LogP contribution is 2.35. The van der Waals surface area contributed by atoms with E-state index in [1.54, 1.807) is 6.07 Å². The summed E-state index contributed by atoms with van der Waals surface area (Å²) in [5.41, 5.74) is 2.48. The standard InChI is InChI=1S/C13H16N2O2/c16-12(17)10-4-3-9-8-14-13(5-1-2-6-13)7-11(9)15-10/h3-4,14H,1-2,5-8H2,(H,16,17). The molecule has 3 rings (SSSR count). The first-order valence-electron chi connectivity index (χ1n) is 6.16. The van der Waals surface area contributed by atoms with Crippen LogP contribution < -0.4 is 5.32 Å². The second-order valence-electron chi connectivity index (χ2n) is 5.13. The summed E-state index contributed by atoms with van der Waals surface area (Å²) in [6, 6.07) is 3.48. The predicted molar refractivity (Wildman–Crippen MR) is 62.9 cm³/mol. The van der Waals surface area contributed by atoms with Crippen molar-refractivity contribution in [3.05, 3.63) is 29.1 Å². The largest absolute Gasteiger partial charge is 0.477 e. The molecule has 0 aromatic carbocycles. The normalized spacial score (nSPS) is 21.4. The predicted octanol–water partition coefficient (Wildman–Crippen LogP) is 1.74. The highest BCUT2D eigenvalue weighted by atomic mass is 16.4. The van der Waals surface area contributed by atoms with E-state index >= 15 is 0 Å². The summed E-state index contributed by atoms with van der Waals surface area (Å²) >= 11 is 0. The Hall–Kier alpha value is -1.42. The molecule has 0 saturated heterocycles. The van der Waals surface area contributed by atoms with Gasteiger partial charge in [-0.25, -0.2) is 9.78 Å². The maximum atomic E-state index is 10.9. The molecule has 2 N–H and O–H groups in total. The van der Waals surface area contributed by atoms with Gasteiger partial charge in [0.15, 0.2) is 0 Å². The molecule has 1 saturated carbocycles. The molecule has 2 heterocycles. The Bertz CT molecular complexity index is 464. The number of carboxylic acids is 1. The van der Waals surface area contributed by atoms with Crippen molar-refractivity contribution in [3.8, 4) is 0 Å². The van der Waals surface area contributed by atoms with Gasteiger partial charge in [0.25, 0.3) is 0 Å². The average Bonchev–Trinajstić information content (AvgIpc) is 2.76. The first kappa shape index (κ1) is 10.7. The van der Waals surface area contributed by atoms with Gasteiger partial charge < -0.3 is 10.4 Å².